The van der Waals surface area contributed by atoms with Gasteiger partial charge in [0.2, 0.25) is 0 Å². The van der Waals surface area contributed by atoms with Gasteiger partial charge in [0.25, 0.3) is 5.91 Å². The highest BCUT2D eigenvalue weighted by Crippen LogP contribution is 2.35. The van der Waals surface area contributed by atoms with Crippen LogP contribution in [0.25, 0.3) is 0 Å². The fraction of sp³-hybridized carbons (Fsp3) is 0.615. The summed E-state index contributed by atoms with van der Waals surface area (Å²) < 4.78 is 0.948. The summed E-state index contributed by atoms with van der Waals surface area (Å²) in [7, 11) is 0. The van der Waals surface area contributed by atoms with Gasteiger partial charge in [0, 0.05) is 5.88 Å². The largest absolute Gasteiger partial charge is 0.345 e. The standard InChI is InChI=1S/C13H16Cl3NOS/c1-8-2-4-13(7-14,5-3-8)17-12(18)9-6-10(15)19-11(9)16/h6,8H,2-5,7H2,1H3,(H,17,18). The van der Waals surface area contributed by atoms with E-state index in [1.165, 1.54) is 11.3 Å². The molecule has 0 atom stereocenters. The van der Waals surface area contributed by atoms with Crippen LogP contribution in [-0.4, -0.2) is 17.3 Å². The highest BCUT2D eigenvalue weighted by atomic mass is 35.5. The predicted octanol–water partition coefficient (Wildman–Crippen LogP) is 4.97. The summed E-state index contributed by atoms with van der Waals surface area (Å²) in [6, 6.07) is 1.61. The van der Waals surface area contributed by atoms with Crippen LogP contribution in [0.1, 0.15) is 43.0 Å². The molecule has 1 saturated carbocycles. The second kappa shape index (κ2) is 6.21. The first-order chi connectivity index (χ1) is 8.96. The molecule has 106 valence electrons. The number of amides is 1. The molecule has 2 nitrogen and oxygen atoms in total. The molecule has 0 aliphatic heterocycles. The lowest BCUT2D eigenvalue weighted by Crippen LogP contribution is -2.52. The van der Waals surface area contributed by atoms with Crippen LogP contribution in [0, 0.1) is 5.92 Å². The van der Waals surface area contributed by atoms with E-state index in [0.29, 0.717) is 26.0 Å². The Morgan fingerprint density at radius 1 is 1.47 bits per heavy atom. The molecule has 0 saturated heterocycles. The first-order valence-corrected chi connectivity index (χ1v) is 8.40. The van der Waals surface area contributed by atoms with Crippen molar-refractivity contribution in [2.45, 2.75) is 38.1 Å². The molecule has 2 rings (SSSR count). The minimum absolute atomic E-state index is 0.177. The number of alkyl halides is 1. The molecule has 6 heteroatoms. The topological polar surface area (TPSA) is 29.1 Å². The van der Waals surface area contributed by atoms with Crippen molar-refractivity contribution in [1.82, 2.24) is 5.32 Å². The maximum Gasteiger partial charge on any atom is 0.254 e. The molecule has 1 aromatic heterocycles. The molecule has 1 N–H and O–H groups in total. The zero-order valence-corrected chi connectivity index (χ0v) is 13.7. The zero-order chi connectivity index (χ0) is 14.0. The first kappa shape index (κ1) is 15.4. The van der Waals surface area contributed by atoms with E-state index >= 15 is 0 Å². The molecule has 0 radical (unpaired) electrons. The van der Waals surface area contributed by atoms with Gasteiger partial charge in [0.1, 0.15) is 4.34 Å². The molecular formula is C13H16Cl3NOS. The van der Waals surface area contributed by atoms with Gasteiger partial charge in [0.15, 0.2) is 0 Å². The second-order valence-corrected chi connectivity index (χ2v) is 7.84. The molecule has 0 spiro atoms. The van der Waals surface area contributed by atoms with Crippen LogP contribution in [0.5, 0.6) is 0 Å². The summed E-state index contributed by atoms with van der Waals surface area (Å²) in [5.41, 5.74) is 0.142. The predicted molar refractivity (Wildman–Crippen MR) is 82.9 cm³/mol. The van der Waals surface area contributed by atoms with Crippen LogP contribution in [0.4, 0.5) is 0 Å². The molecule has 0 bridgehead atoms. The van der Waals surface area contributed by atoms with Gasteiger partial charge < -0.3 is 5.32 Å². The van der Waals surface area contributed by atoms with Crippen molar-refractivity contribution in [2.75, 3.05) is 5.88 Å². The Morgan fingerprint density at radius 3 is 2.58 bits per heavy atom. The molecule has 1 fully saturated rings. The molecule has 1 aliphatic rings. The first-order valence-electron chi connectivity index (χ1n) is 6.29. The zero-order valence-electron chi connectivity index (χ0n) is 10.6. The lowest BCUT2D eigenvalue weighted by atomic mass is 9.78. The minimum Gasteiger partial charge on any atom is -0.345 e. The van der Waals surface area contributed by atoms with Crippen LogP contribution >= 0.6 is 46.1 Å². The van der Waals surface area contributed by atoms with Gasteiger partial charge in [-0.05, 0) is 37.7 Å². The number of halogens is 3. The average Bonchev–Trinajstić information content (AvgIpc) is 2.72. The summed E-state index contributed by atoms with van der Waals surface area (Å²) >= 11 is 19.2. The molecule has 1 heterocycles. The SMILES string of the molecule is CC1CCC(CCl)(NC(=O)c2cc(Cl)sc2Cl)CC1. The second-order valence-electron chi connectivity index (χ2n) is 5.29. The van der Waals surface area contributed by atoms with E-state index in [9.17, 15) is 4.79 Å². The normalized spacial score (nSPS) is 27.3. The average molecular weight is 341 g/mol. The van der Waals surface area contributed by atoms with Crippen molar-refractivity contribution in [3.05, 3.63) is 20.3 Å². The van der Waals surface area contributed by atoms with Crippen molar-refractivity contribution < 1.29 is 4.79 Å². The maximum atomic E-state index is 12.3. The Bertz CT molecular complexity index is 466. The molecule has 1 aromatic rings. The summed E-state index contributed by atoms with van der Waals surface area (Å²) in [6.45, 7) is 2.23. The van der Waals surface area contributed by atoms with Crippen LogP contribution in [0.3, 0.4) is 0 Å². The van der Waals surface area contributed by atoms with Gasteiger partial charge in [-0.15, -0.1) is 22.9 Å². The quantitative estimate of drug-likeness (QED) is 0.773. The van der Waals surface area contributed by atoms with E-state index in [1.54, 1.807) is 6.07 Å². The van der Waals surface area contributed by atoms with E-state index in [-0.39, 0.29) is 11.4 Å². The number of thiophene rings is 1. The number of nitrogens with one attached hydrogen (secondary N) is 1. The van der Waals surface area contributed by atoms with E-state index < -0.39 is 0 Å². The van der Waals surface area contributed by atoms with Crippen LogP contribution in [-0.2, 0) is 0 Å². The summed E-state index contributed by atoms with van der Waals surface area (Å²) in [4.78, 5) is 12.3. The number of carbonyl (C=O) groups excluding carboxylic acids is 1. The number of hydrogen-bond donors (Lipinski definition) is 1. The Balaban J connectivity index is 2.10. The third-order valence-corrected chi connectivity index (χ3v) is 5.77. The van der Waals surface area contributed by atoms with E-state index in [1.807, 2.05) is 0 Å². The van der Waals surface area contributed by atoms with Crippen molar-refractivity contribution in [1.29, 1.82) is 0 Å². The van der Waals surface area contributed by atoms with Crippen LogP contribution in [0.2, 0.25) is 8.67 Å². The molecule has 1 amide bonds. The smallest absolute Gasteiger partial charge is 0.254 e. The van der Waals surface area contributed by atoms with Crippen molar-refractivity contribution in [3.8, 4) is 0 Å². The van der Waals surface area contributed by atoms with E-state index in [0.717, 1.165) is 25.7 Å². The third-order valence-electron chi connectivity index (χ3n) is 3.77. The van der Waals surface area contributed by atoms with E-state index in [4.69, 9.17) is 34.8 Å². The number of rotatable bonds is 3. The highest BCUT2D eigenvalue weighted by Gasteiger charge is 2.35. The Morgan fingerprint density at radius 2 is 2.11 bits per heavy atom. The van der Waals surface area contributed by atoms with Crippen LogP contribution < -0.4 is 5.32 Å². The van der Waals surface area contributed by atoms with Crippen molar-refractivity contribution in [3.63, 3.8) is 0 Å². The fourth-order valence-corrected chi connectivity index (χ4v) is 4.20. The van der Waals surface area contributed by atoms with Gasteiger partial charge in [-0.1, -0.05) is 30.1 Å². The molecular weight excluding hydrogens is 325 g/mol. The summed E-state index contributed by atoms with van der Waals surface area (Å²) in [5, 5.41) is 3.07. The van der Waals surface area contributed by atoms with Gasteiger partial charge in [-0.25, -0.2) is 0 Å². The van der Waals surface area contributed by atoms with Gasteiger partial charge in [0.05, 0.1) is 15.4 Å². The van der Waals surface area contributed by atoms with E-state index in [2.05, 4.69) is 12.2 Å². The lowest BCUT2D eigenvalue weighted by Gasteiger charge is -2.38. The Labute approximate surface area is 132 Å². The Kier molecular flexibility index (Phi) is 5.04. The van der Waals surface area contributed by atoms with Crippen molar-refractivity contribution in [2.24, 2.45) is 5.92 Å². The summed E-state index contributed by atoms with van der Waals surface area (Å²) in [5.74, 6) is 0.955. The van der Waals surface area contributed by atoms with Gasteiger partial charge >= 0.3 is 0 Å². The molecule has 1 aliphatic carbocycles. The lowest BCUT2D eigenvalue weighted by molar-refractivity contribution is 0.0873. The maximum absolute atomic E-state index is 12.3. The molecule has 19 heavy (non-hydrogen) atoms. The Hall–Kier alpha value is 0.0400. The summed E-state index contributed by atoms with van der Waals surface area (Å²) in [6.07, 6.45) is 4.01. The van der Waals surface area contributed by atoms with Gasteiger partial charge in [-0.3, -0.25) is 4.79 Å². The minimum atomic E-state index is -0.303. The van der Waals surface area contributed by atoms with Crippen molar-refractivity contribution >= 4 is 52.0 Å². The monoisotopic (exact) mass is 339 g/mol. The molecule has 0 aromatic carbocycles. The number of hydrogen-bond acceptors (Lipinski definition) is 2. The third kappa shape index (κ3) is 3.57. The highest BCUT2D eigenvalue weighted by molar-refractivity contribution is 7.20. The number of carbonyl (C=O) groups is 1. The fourth-order valence-electron chi connectivity index (χ4n) is 2.41. The van der Waals surface area contributed by atoms with Crippen LogP contribution in [0.15, 0.2) is 6.07 Å². The van der Waals surface area contributed by atoms with Gasteiger partial charge in [-0.2, -0.15) is 0 Å². The molecule has 0 unspecified atom stereocenters.